The minimum absolute atomic E-state index is 0.111. The van der Waals surface area contributed by atoms with Gasteiger partial charge in [-0.05, 0) is 54.9 Å². The molecule has 0 amide bonds. The summed E-state index contributed by atoms with van der Waals surface area (Å²) in [6.45, 7) is 20.7. The third-order valence-electron chi connectivity index (χ3n) is 11.5. The Labute approximate surface area is 494 Å². The summed E-state index contributed by atoms with van der Waals surface area (Å²) in [6.07, 6.45) is 33.4. The Morgan fingerprint density at radius 1 is 0.329 bits per heavy atom. The molecule has 0 bridgehead atoms. The Balaban J connectivity index is -0.000000431. The van der Waals surface area contributed by atoms with E-state index in [-0.39, 0.29) is 47.1 Å². The van der Waals surface area contributed by atoms with Gasteiger partial charge in [0.25, 0.3) is 0 Å². The van der Waals surface area contributed by atoms with Crippen LogP contribution in [-0.4, -0.2) is 85.0 Å². The van der Waals surface area contributed by atoms with Crippen molar-refractivity contribution in [1.82, 2.24) is 0 Å². The Morgan fingerprint density at radius 3 is 0.829 bits per heavy atom. The van der Waals surface area contributed by atoms with Crippen molar-refractivity contribution in [3.63, 3.8) is 0 Å². The third kappa shape index (κ3) is 76.6. The normalized spacial score (nSPS) is 10.5. The lowest BCUT2D eigenvalue weighted by atomic mass is 10.0. The van der Waals surface area contributed by atoms with E-state index < -0.39 is 0 Å². The first-order chi connectivity index (χ1) is 36.5. The molecule has 448 valence electrons. The van der Waals surface area contributed by atoms with Crippen LogP contribution in [0.5, 0.6) is 0 Å². The average molecular weight is 1170 g/mol. The molecule has 1 aromatic carbocycles. The summed E-state index contributed by atoms with van der Waals surface area (Å²) in [6, 6.07) is 9.55. The lowest BCUT2D eigenvalue weighted by molar-refractivity contribution is -0.144. The van der Waals surface area contributed by atoms with Gasteiger partial charge in [0.15, 0.2) is 0 Å². The van der Waals surface area contributed by atoms with Crippen LogP contribution in [0.1, 0.15) is 241 Å². The molecule has 0 aliphatic rings. The van der Waals surface area contributed by atoms with Crippen LogP contribution in [0.25, 0.3) is 0 Å². The number of hydrogen-bond acceptors (Lipinski definition) is 15. The molecule has 0 heterocycles. The first kappa shape index (κ1) is 80.8. The fourth-order valence-corrected chi connectivity index (χ4v) is 7.68. The fraction of sp³-hybridized carbons (Fsp3) is 0.820. The standard InChI is InChI=1S/C16H32O2S.C15H30O2S.C11H22O2S.C10H20O2S.C9H10O2S/c1-15(2)11-9-7-5-3-4-6-8-10-13-18-16(17)12-14-19;1-14(2)11-9-7-5-3-4-6-8-10-12-17-15(16)13-18;1-10(2)6-4-3-5-8-13-11(12)7-9-14;1-9(2)6-4-3-5-7-12-10(11)8-13;10-9(7-12)11-6-8-4-2-1-3-5-8/h15,19H,3-14H2,1-2H3;14,18H,3-13H2,1-2H3;10,14H,3-9H2,1-2H3;9,13H,3-8H2,1-2H3;1-5,12H,6-7H2. The Morgan fingerprint density at radius 2 is 0.566 bits per heavy atom. The summed E-state index contributed by atoms with van der Waals surface area (Å²) in [5, 5.41) is 0. The van der Waals surface area contributed by atoms with Gasteiger partial charge in [0.05, 0.1) is 56.5 Å². The third-order valence-corrected chi connectivity index (χ3v) is 12.7. The molecule has 0 aliphatic carbocycles. The van der Waals surface area contributed by atoms with Crippen LogP contribution in [0.15, 0.2) is 30.3 Å². The molecule has 0 aliphatic heterocycles. The molecule has 0 radical (unpaired) electrons. The van der Waals surface area contributed by atoms with E-state index in [1.54, 1.807) is 0 Å². The number of thiol groups is 5. The molecular weight excluding hydrogens is 1050 g/mol. The zero-order chi connectivity index (χ0) is 57.7. The number of hydrogen-bond donors (Lipinski definition) is 5. The molecule has 0 unspecified atom stereocenters. The van der Waals surface area contributed by atoms with E-state index in [0.29, 0.717) is 57.4 Å². The minimum Gasteiger partial charge on any atom is -0.466 e. The van der Waals surface area contributed by atoms with Crippen LogP contribution in [0.3, 0.4) is 0 Å². The predicted molar refractivity (Wildman–Crippen MR) is 338 cm³/mol. The van der Waals surface area contributed by atoms with E-state index in [1.807, 2.05) is 30.3 Å². The van der Waals surface area contributed by atoms with E-state index in [2.05, 4.69) is 119 Å². The SMILES string of the molecule is CC(C)CCCCCCCCCCOC(=O)CCS.CC(C)CCCCCCCCCCOC(=O)CS.CC(C)CCCCCOC(=O)CCS.CC(C)CCCCCOC(=O)CS.O=C(CS)OCc1ccccc1. The monoisotopic (exact) mass is 1170 g/mol. The number of carbonyl (C=O) groups is 5. The van der Waals surface area contributed by atoms with Gasteiger partial charge >= 0.3 is 29.8 Å². The Kier molecular flexibility index (Phi) is 70.0. The number of rotatable bonds is 43. The van der Waals surface area contributed by atoms with Crippen LogP contribution in [0.2, 0.25) is 0 Å². The van der Waals surface area contributed by atoms with Gasteiger partial charge in [-0.15, -0.1) is 0 Å². The van der Waals surface area contributed by atoms with Crippen molar-refractivity contribution in [1.29, 1.82) is 0 Å². The highest BCUT2D eigenvalue weighted by molar-refractivity contribution is 7.81. The average Bonchev–Trinajstić information content (AvgIpc) is 3.39. The van der Waals surface area contributed by atoms with Crippen molar-refractivity contribution in [2.75, 3.05) is 55.2 Å². The van der Waals surface area contributed by atoms with E-state index in [4.69, 9.17) is 23.7 Å². The van der Waals surface area contributed by atoms with E-state index in [1.165, 1.54) is 128 Å². The lowest BCUT2D eigenvalue weighted by Gasteiger charge is -2.05. The molecule has 0 N–H and O–H groups in total. The number of ether oxygens (including phenoxy) is 5. The molecule has 1 rings (SSSR count). The minimum atomic E-state index is -0.290. The fourth-order valence-electron chi connectivity index (χ4n) is 7.04. The second kappa shape index (κ2) is 65.8. The van der Waals surface area contributed by atoms with Crippen LogP contribution < -0.4 is 0 Å². The van der Waals surface area contributed by atoms with Crippen LogP contribution in [0, 0.1) is 23.7 Å². The molecule has 0 fully saturated rings. The summed E-state index contributed by atoms with van der Waals surface area (Å²) < 4.78 is 24.8. The highest BCUT2D eigenvalue weighted by atomic mass is 32.1. The highest BCUT2D eigenvalue weighted by Crippen LogP contribution is 2.15. The molecule has 0 spiro atoms. The lowest BCUT2D eigenvalue weighted by Crippen LogP contribution is -2.06. The van der Waals surface area contributed by atoms with Crippen LogP contribution in [0.4, 0.5) is 0 Å². The van der Waals surface area contributed by atoms with Crippen molar-refractivity contribution < 1.29 is 47.7 Å². The molecule has 10 nitrogen and oxygen atoms in total. The number of esters is 5. The maximum Gasteiger partial charge on any atom is 0.315 e. The second-order valence-corrected chi connectivity index (χ2v) is 22.8. The molecule has 0 atom stereocenters. The molecular formula is C61H114O10S5. The van der Waals surface area contributed by atoms with E-state index in [9.17, 15) is 24.0 Å². The highest BCUT2D eigenvalue weighted by Gasteiger charge is 2.04. The summed E-state index contributed by atoms with van der Waals surface area (Å²) in [5.74, 6) is 3.98. The van der Waals surface area contributed by atoms with Gasteiger partial charge in [-0.25, -0.2) is 0 Å². The van der Waals surface area contributed by atoms with Crippen molar-refractivity contribution in [2.45, 2.75) is 242 Å². The van der Waals surface area contributed by atoms with Crippen molar-refractivity contribution in [3.8, 4) is 0 Å². The van der Waals surface area contributed by atoms with Gasteiger partial charge < -0.3 is 23.7 Å². The molecule has 0 saturated carbocycles. The van der Waals surface area contributed by atoms with Gasteiger partial charge in [0, 0.05) is 11.5 Å². The first-order valence-electron chi connectivity index (χ1n) is 29.3. The zero-order valence-corrected chi connectivity index (χ0v) is 53.9. The van der Waals surface area contributed by atoms with Crippen molar-refractivity contribution >= 4 is 93.0 Å². The number of benzene rings is 1. The summed E-state index contributed by atoms with van der Waals surface area (Å²) in [7, 11) is 0. The van der Waals surface area contributed by atoms with Gasteiger partial charge in [0.2, 0.25) is 0 Å². The molecule has 76 heavy (non-hydrogen) atoms. The van der Waals surface area contributed by atoms with Crippen molar-refractivity contribution in [2.24, 2.45) is 23.7 Å². The molecule has 15 heteroatoms. The summed E-state index contributed by atoms with van der Waals surface area (Å²) in [5.41, 5.74) is 0.993. The quantitative estimate of drug-likeness (QED) is 0.0186. The van der Waals surface area contributed by atoms with Gasteiger partial charge in [0.1, 0.15) is 6.61 Å². The van der Waals surface area contributed by atoms with Gasteiger partial charge in [-0.1, -0.05) is 227 Å². The second-order valence-electron chi connectivity index (χ2n) is 21.0. The summed E-state index contributed by atoms with van der Waals surface area (Å²) in [4.78, 5) is 54.1. The molecule has 0 saturated heterocycles. The molecule has 1 aromatic rings. The van der Waals surface area contributed by atoms with Crippen molar-refractivity contribution in [3.05, 3.63) is 35.9 Å². The first-order valence-corrected chi connectivity index (χ1v) is 32.5. The van der Waals surface area contributed by atoms with Crippen LogP contribution in [-0.2, 0) is 54.3 Å². The smallest absolute Gasteiger partial charge is 0.315 e. The summed E-state index contributed by atoms with van der Waals surface area (Å²) >= 11 is 19.4. The maximum atomic E-state index is 11.1. The van der Waals surface area contributed by atoms with Crippen LogP contribution >= 0.6 is 63.1 Å². The largest absolute Gasteiger partial charge is 0.466 e. The predicted octanol–water partition coefficient (Wildman–Crippen LogP) is 17.0. The van der Waals surface area contributed by atoms with E-state index >= 15 is 0 Å². The zero-order valence-electron chi connectivity index (χ0n) is 49.4. The number of carbonyl (C=O) groups excluding carboxylic acids is 5. The maximum absolute atomic E-state index is 11.1. The number of unbranched alkanes of at least 4 members (excludes halogenated alkanes) is 18. The molecule has 0 aromatic heterocycles. The van der Waals surface area contributed by atoms with Gasteiger partial charge in [-0.3, -0.25) is 24.0 Å². The Bertz CT molecular complexity index is 1400. The van der Waals surface area contributed by atoms with E-state index in [0.717, 1.165) is 67.8 Å². The Hall–Kier alpha value is -1.68. The topological polar surface area (TPSA) is 132 Å². The van der Waals surface area contributed by atoms with Gasteiger partial charge in [-0.2, -0.15) is 63.1 Å².